The molecule has 0 saturated heterocycles. The molecule has 1 aromatic rings. The summed E-state index contributed by atoms with van der Waals surface area (Å²) in [4.78, 5) is 11.1. The third-order valence-electron chi connectivity index (χ3n) is 2.61. The topological polar surface area (TPSA) is 38.3 Å². The maximum atomic E-state index is 11.1. The van der Waals surface area contributed by atoms with Crippen LogP contribution in [0.2, 0.25) is 0 Å². The van der Waals surface area contributed by atoms with Crippen LogP contribution in [-0.4, -0.2) is 13.0 Å². The maximum absolute atomic E-state index is 11.1. The number of ether oxygens (including phenoxy) is 1. The van der Waals surface area contributed by atoms with Gasteiger partial charge in [0.2, 0.25) is 5.91 Å². The average molecular weight is 221 g/mol. The highest BCUT2D eigenvalue weighted by atomic mass is 16.5. The molecule has 0 saturated carbocycles. The van der Waals surface area contributed by atoms with Crippen molar-refractivity contribution >= 4 is 5.91 Å². The highest BCUT2D eigenvalue weighted by molar-refractivity contribution is 5.73. The van der Waals surface area contributed by atoms with E-state index in [0.717, 1.165) is 23.3 Å². The SMILES string of the molecule is CC[C@@H](NC(C)=O)c1ccc(OC)c(C)c1. The zero-order valence-electron chi connectivity index (χ0n) is 10.3. The molecule has 0 aromatic heterocycles. The molecule has 1 rings (SSSR count). The quantitative estimate of drug-likeness (QED) is 0.848. The second-order valence-corrected chi connectivity index (χ2v) is 3.89. The van der Waals surface area contributed by atoms with E-state index in [4.69, 9.17) is 4.74 Å². The summed E-state index contributed by atoms with van der Waals surface area (Å²) < 4.78 is 5.21. The molecule has 16 heavy (non-hydrogen) atoms. The number of carbonyl (C=O) groups excluding carboxylic acids is 1. The first kappa shape index (κ1) is 12.6. The molecule has 0 aliphatic heterocycles. The molecule has 0 bridgehead atoms. The highest BCUT2D eigenvalue weighted by Crippen LogP contribution is 2.24. The number of hydrogen-bond donors (Lipinski definition) is 1. The summed E-state index contributed by atoms with van der Waals surface area (Å²) in [6, 6.07) is 6.08. The van der Waals surface area contributed by atoms with Crippen molar-refractivity contribution in [1.29, 1.82) is 0 Å². The molecule has 0 fully saturated rings. The lowest BCUT2D eigenvalue weighted by Crippen LogP contribution is -2.25. The molecular formula is C13H19NO2. The van der Waals surface area contributed by atoms with Crippen molar-refractivity contribution in [3.8, 4) is 5.75 Å². The van der Waals surface area contributed by atoms with Crippen molar-refractivity contribution in [2.24, 2.45) is 0 Å². The summed E-state index contributed by atoms with van der Waals surface area (Å²) in [6.45, 7) is 5.60. The molecule has 3 heteroatoms. The minimum Gasteiger partial charge on any atom is -0.496 e. The molecule has 0 heterocycles. The van der Waals surface area contributed by atoms with Crippen molar-refractivity contribution in [2.75, 3.05) is 7.11 Å². The fourth-order valence-corrected chi connectivity index (χ4v) is 1.78. The Balaban J connectivity index is 2.93. The van der Waals surface area contributed by atoms with Crippen LogP contribution in [0.4, 0.5) is 0 Å². The Kier molecular flexibility index (Phi) is 4.35. The van der Waals surface area contributed by atoms with Crippen LogP contribution in [0.5, 0.6) is 5.75 Å². The number of nitrogens with one attached hydrogen (secondary N) is 1. The second-order valence-electron chi connectivity index (χ2n) is 3.89. The highest BCUT2D eigenvalue weighted by Gasteiger charge is 2.11. The normalized spacial score (nSPS) is 12.0. The van der Waals surface area contributed by atoms with Gasteiger partial charge in [-0.25, -0.2) is 0 Å². The molecule has 3 nitrogen and oxygen atoms in total. The van der Waals surface area contributed by atoms with Gasteiger partial charge in [0, 0.05) is 6.92 Å². The third-order valence-corrected chi connectivity index (χ3v) is 2.61. The van der Waals surface area contributed by atoms with E-state index in [-0.39, 0.29) is 11.9 Å². The largest absolute Gasteiger partial charge is 0.496 e. The van der Waals surface area contributed by atoms with Crippen molar-refractivity contribution in [3.63, 3.8) is 0 Å². The van der Waals surface area contributed by atoms with Crippen LogP contribution in [0.15, 0.2) is 18.2 Å². The standard InChI is InChI=1S/C13H19NO2/c1-5-12(14-10(3)15)11-6-7-13(16-4)9(2)8-11/h6-8,12H,5H2,1-4H3,(H,14,15)/t12-/m1/s1. The zero-order valence-corrected chi connectivity index (χ0v) is 10.3. The van der Waals surface area contributed by atoms with E-state index in [2.05, 4.69) is 18.3 Å². The Hall–Kier alpha value is -1.51. The fourth-order valence-electron chi connectivity index (χ4n) is 1.78. The minimum absolute atomic E-state index is 0.000297. The molecule has 1 amide bonds. The monoisotopic (exact) mass is 221 g/mol. The Morgan fingerprint density at radius 1 is 1.50 bits per heavy atom. The lowest BCUT2D eigenvalue weighted by Gasteiger charge is -2.17. The van der Waals surface area contributed by atoms with Crippen LogP contribution in [0.3, 0.4) is 0 Å². The van der Waals surface area contributed by atoms with Crippen LogP contribution in [-0.2, 0) is 4.79 Å². The molecule has 0 unspecified atom stereocenters. The average Bonchev–Trinajstić information content (AvgIpc) is 2.25. The van der Waals surface area contributed by atoms with E-state index in [9.17, 15) is 4.79 Å². The van der Waals surface area contributed by atoms with Crippen molar-refractivity contribution in [2.45, 2.75) is 33.2 Å². The lowest BCUT2D eigenvalue weighted by atomic mass is 10.0. The van der Waals surface area contributed by atoms with E-state index in [1.54, 1.807) is 14.0 Å². The second kappa shape index (κ2) is 5.54. The molecule has 88 valence electrons. The summed E-state index contributed by atoms with van der Waals surface area (Å²) in [5, 5.41) is 2.93. The van der Waals surface area contributed by atoms with Gasteiger partial charge in [0.05, 0.1) is 13.2 Å². The summed E-state index contributed by atoms with van der Waals surface area (Å²) >= 11 is 0. The maximum Gasteiger partial charge on any atom is 0.217 e. The molecule has 1 aromatic carbocycles. The third kappa shape index (κ3) is 2.99. The lowest BCUT2D eigenvalue weighted by molar-refractivity contribution is -0.119. The smallest absolute Gasteiger partial charge is 0.217 e. The molecule has 1 N–H and O–H groups in total. The van der Waals surface area contributed by atoms with Gasteiger partial charge in [0.25, 0.3) is 0 Å². The number of aryl methyl sites for hydroxylation is 1. The zero-order chi connectivity index (χ0) is 12.1. The number of hydrogen-bond acceptors (Lipinski definition) is 2. The number of amides is 1. The molecular weight excluding hydrogens is 202 g/mol. The summed E-state index contributed by atoms with van der Waals surface area (Å²) in [5.74, 6) is 0.877. The predicted octanol–water partition coefficient (Wildman–Crippen LogP) is 2.59. The molecule has 0 radical (unpaired) electrons. The first-order valence-corrected chi connectivity index (χ1v) is 5.50. The fraction of sp³-hybridized carbons (Fsp3) is 0.462. The number of rotatable bonds is 4. The van der Waals surface area contributed by atoms with Gasteiger partial charge in [0.15, 0.2) is 0 Å². The first-order valence-electron chi connectivity index (χ1n) is 5.50. The summed E-state index contributed by atoms with van der Waals surface area (Å²) in [5.41, 5.74) is 2.21. The molecule has 1 atom stereocenters. The van der Waals surface area contributed by atoms with Gasteiger partial charge >= 0.3 is 0 Å². The van der Waals surface area contributed by atoms with Gasteiger partial charge < -0.3 is 10.1 Å². The Bertz CT molecular complexity index is 374. The number of benzene rings is 1. The van der Waals surface area contributed by atoms with Gasteiger partial charge in [-0.1, -0.05) is 19.1 Å². The van der Waals surface area contributed by atoms with Gasteiger partial charge in [-0.2, -0.15) is 0 Å². The van der Waals surface area contributed by atoms with Crippen molar-refractivity contribution in [3.05, 3.63) is 29.3 Å². The Morgan fingerprint density at radius 3 is 2.62 bits per heavy atom. The van der Waals surface area contributed by atoms with E-state index in [0.29, 0.717) is 0 Å². The minimum atomic E-state index is 0.000297. The van der Waals surface area contributed by atoms with Crippen LogP contribution in [0.25, 0.3) is 0 Å². The van der Waals surface area contributed by atoms with Gasteiger partial charge in [-0.3, -0.25) is 4.79 Å². The van der Waals surface area contributed by atoms with E-state index >= 15 is 0 Å². The van der Waals surface area contributed by atoms with Crippen LogP contribution in [0, 0.1) is 6.92 Å². The van der Waals surface area contributed by atoms with Gasteiger partial charge in [0.1, 0.15) is 5.75 Å². The molecule has 0 aliphatic rings. The number of methoxy groups -OCH3 is 1. The van der Waals surface area contributed by atoms with Gasteiger partial charge in [-0.15, -0.1) is 0 Å². The predicted molar refractivity (Wildman–Crippen MR) is 64.6 cm³/mol. The first-order chi connectivity index (χ1) is 7.58. The molecule has 0 aliphatic carbocycles. The van der Waals surface area contributed by atoms with Crippen LogP contribution < -0.4 is 10.1 Å². The van der Waals surface area contributed by atoms with E-state index in [1.165, 1.54) is 0 Å². The van der Waals surface area contributed by atoms with Crippen LogP contribution >= 0.6 is 0 Å². The van der Waals surface area contributed by atoms with Crippen molar-refractivity contribution in [1.82, 2.24) is 5.32 Å². The molecule has 0 spiro atoms. The Morgan fingerprint density at radius 2 is 2.19 bits per heavy atom. The summed E-state index contributed by atoms with van der Waals surface area (Å²) in [7, 11) is 1.66. The summed E-state index contributed by atoms with van der Waals surface area (Å²) in [6.07, 6.45) is 0.880. The van der Waals surface area contributed by atoms with Gasteiger partial charge in [-0.05, 0) is 30.5 Å². The Labute approximate surface area is 96.8 Å². The number of carbonyl (C=O) groups is 1. The van der Waals surface area contributed by atoms with E-state index < -0.39 is 0 Å². The van der Waals surface area contributed by atoms with E-state index in [1.807, 2.05) is 19.1 Å². The van der Waals surface area contributed by atoms with Crippen molar-refractivity contribution < 1.29 is 9.53 Å². The van der Waals surface area contributed by atoms with Crippen LogP contribution in [0.1, 0.15) is 37.4 Å².